The highest BCUT2D eigenvalue weighted by molar-refractivity contribution is 5.95. The minimum atomic E-state index is 0.126. The summed E-state index contributed by atoms with van der Waals surface area (Å²) in [5.41, 5.74) is 8.35. The Morgan fingerprint density at radius 3 is 2.58 bits per heavy atom. The van der Waals surface area contributed by atoms with E-state index in [2.05, 4.69) is 6.92 Å². The Morgan fingerprint density at radius 1 is 1.32 bits per heavy atom. The second-order valence-electron chi connectivity index (χ2n) is 5.45. The van der Waals surface area contributed by atoms with E-state index >= 15 is 0 Å². The first-order valence-corrected chi connectivity index (χ1v) is 7.30. The Morgan fingerprint density at radius 2 is 2.00 bits per heavy atom. The number of nitrogens with two attached hydrogens (primary N) is 1. The number of hydrogen-bond acceptors (Lipinski definition) is 2. The number of aryl methyl sites for hydroxylation is 1. The molecule has 2 N–H and O–H groups in total. The summed E-state index contributed by atoms with van der Waals surface area (Å²) in [4.78, 5) is 14.6. The molecule has 104 valence electrons. The smallest absolute Gasteiger partial charge is 0.254 e. The number of rotatable bonds is 3. The van der Waals surface area contributed by atoms with Gasteiger partial charge in [0.15, 0.2) is 0 Å². The van der Waals surface area contributed by atoms with Crippen LogP contribution in [0, 0.1) is 6.92 Å². The summed E-state index contributed by atoms with van der Waals surface area (Å²) in [5.74, 6) is 0.126. The van der Waals surface area contributed by atoms with Gasteiger partial charge in [-0.2, -0.15) is 0 Å². The lowest BCUT2D eigenvalue weighted by Gasteiger charge is -2.33. The lowest BCUT2D eigenvalue weighted by atomic mass is 9.93. The minimum absolute atomic E-state index is 0.126. The van der Waals surface area contributed by atoms with Gasteiger partial charge in [-0.1, -0.05) is 25.3 Å². The van der Waals surface area contributed by atoms with E-state index < -0.39 is 0 Å². The molecule has 1 aromatic rings. The van der Waals surface area contributed by atoms with Gasteiger partial charge in [0.25, 0.3) is 5.91 Å². The summed E-state index contributed by atoms with van der Waals surface area (Å²) in [5, 5.41) is 0. The maximum Gasteiger partial charge on any atom is 0.254 e. The number of nitrogen functional groups attached to an aromatic ring is 1. The maximum absolute atomic E-state index is 12.6. The Kier molecular flexibility index (Phi) is 4.46. The van der Waals surface area contributed by atoms with Crippen LogP contribution in [0.25, 0.3) is 0 Å². The molecule has 1 saturated carbocycles. The molecule has 0 spiro atoms. The molecule has 1 amide bonds. The second kappa shape index (κ2) is 6.09. The topological polar surface area (TPSA) is 46.3 Å². The molecule has 1 aliphatic carbocycles. The van der Waals surface area contributed by atoms with Crippen molar-refractivity contribution >= 4 is 11.6 Å². The predicted molar refractivity (Wildman–Crippen MR) is 79.2 cm³/mol. The molecule has 0 unspecified atom stereocenters. The van der Waals surface area contributed by atoms with Crippen molar-refractivity contribution in [3.05, 3.63) is 29.3 Å². The van der Waals surface area contributed by atoms with Crippen molar-refractivity contribution in [1.29, 1.82) is 0 Å². The van der Waals surface area contributed by atoms with E-state index in [-0.39, 0.29) is 5.91 Å². The van der Waals surface area contributed by atoms with Crippen LogP contribution in [-0.4, -0.2) is 23.4 Å². The third-order valence-electron chi connectivity index (χ3n) is 4.14. The van der Waals surface area contributed by atoms with Gasteiger partial charge in [0, 0.05) is 23.8 Å². The van der Waals surface area contributed by atoms with Crippen molar-refractivity contribution in [2.45, 2.75) is 52.0 Å². The van der Waals surface area contributed by atoms with Gasteiger partial charge in [-0.3, -0.25) is 4.79 Å². The van der Waals surface area contributed by atoms with Crippen molar-refractivity contribution in [1.82, 2.24) is 4.90 Å². The van der Waals surface area contributed by atoms with Crippen LogP contribution in [0.15, 0.2) is 18.2 Å². The van der Waals surface area contributed by atoms with Crippen LogP contribution in [0.1, 0.15) is 54.9 Å². The molecule has 0 aliphatic heterocycles. The van der Waals surface area contributed by atoms with Gasteiger partial charge in [0.05, 0.1) is 0 Å². The fourth-order valence-corrected chi connectivity index (χ4v) is 2.90. The summed E-state index contributed by atoms with van der Waals surface area (Å²) >= 11 is 0. The van der Waals surface area contributed by atoms with Gasteiger partial charge in [-0.15, -0.1) is 0 Å². The van der Waals surface area contributed by atoms with Crippen molar-refractivity contribution in [3.8, 4) is 0 Å². The summed E-state index contributed by atoms with van der Waals surface area (Å²) in [6, 6.07) is 6.04. The zero-order valence-electron chi connectivity index (χ0n) is 12.0. The zero-order chi connectivity index (χ0) is 13.8. The number of carbonyl (C=O) groups is 1. The van der Waals surface area contributed by atoms with Gasteiger partial charge in [0.1, 0.15) is 0 Å². The number of carbonyl (C=O) groups excluding carboxylic acids is 1. The van der Waals surface area contributed by atoms with E-state index in [9.17, 15) is 4.79 Å². The molecule has 0 aromatic heterocycles. The average Bonchev–Trinajstić information content (AvgIpc) is 2.44. The fourth-order valence-electron chi connectivity index (χ4n) is 2.90. The van der Waals surface area contributed by atoms with E-state index in [0.717, 1.165) is 30.5 Å². The van der Waals surface area contributed by atoms with Crippen molar-refractivity contribution in [2.24, 2.45) is 0 Å². The molecular formula is C16H24N2O. The normalized spacial score (nSPS) is 16.3. The average molecular weight is 260 g/mol. The summed E-state index contributed by atoms with van der Waals surface area (Å²) in [6.45, 7) is 4.80. The van der Waals surface area contributed by atoms with Crippen LogP contribution in [0.3, 0.4) is 0 Å². The number of nitrogens with zero attached hydrogens (tertiary/aromatic N) is 1. The zero-order valence-corrected chi connectivity index (χ0v) is 12.0. The molecule has 0 radical (unpaired) electrons. The van der Waals surface area contributed by atoms with Crippen LogP contribution in [0.2, 0.25) is 0 Å². The maximum atomic E-state index is 12.6. The molecule has 0 saturated heterocycles. The Balaban J connectivity index is 2.17. The molecule has 3 heteroatoms. The molecule has 1 aromatic carbocycles. The highest BCUT2D eigenvalue weighted by atomic mass is 16.2. The monoisotopic (exact) mass is 260 g/mol. The van der Waals surface area contributed by atoms with Crippen LogP contribution in [0.4, 0.5) is 5.69 Å². The molecule has 0 atom stereocenters. The Hall–Kier alpha value is -1.51. The van der Waals surface area contributed by atoms with E-state index in [1.807, 2.05) is 30.0 Å². The lowest BCUT2D eigenvalue weighted by molar-refractivity contribution is 0.0648. The summed E-state index contributed by atoms with van der Waals surface area (Å²) < 4.78 is 0. The first-order chi connectivity index (χ1) is 9.13. The molecular weight excluding hydrogens is 236 g/mol. The molecule has 0 bridgehead atoms. The Labute approximate surface area is 115 Å². The summed E-state index contributed by atoms with van der Waals surface area (Å²) in [6.07, 6.45) is 6.07. The van der Waals surface area contributed by atoms with Crippen molar-refractivity contribution in [3.63, 3.8) is 0 Å². The predicted octanol–water partition coefficient (Wildman–Crippen LogP) is 3.37. The third-order valence-corrected chi connectivity index (χ3v) is 4.14. The van der Waals surface area contributed by atoms with Crippen molar-refractivity contribution < 1.29 is 4.79 Å². The fraction of sp³-hybridized carbons (Fsp3) is 0.562. The van der Waals surface area contributed by atoms with Gasteiger partial charge >= 0.3 is 0 Å². The summed E-state index contributed by atoms with van der Waals surface area (Å²) in [7, 11) is 0. The van der Waals surface area contributed by atoms with Crippen molar-refractivity contribution in [2.75, 3.05) is 12.3 Å². The Bertz CT molecular complexity index is 450. The SMILES string of the molecule is CCN(C(=O)c1ccc(C)c(N)c1)C1CCCCC1. The number of anilines is 1. The molecule has 1 aliphatic rings. The molecule has 2 rings (SSSR count). The second-order valence-corrected chi connectivity index (χ2v) is 5.45. The first kappa shape index (κ1) is 13.9. The number of hydrogen-bond donors (Lipinski definition) is 1. The van der Waals surface area contributed by atoms with Crippen LogP contribution < -0.4 is 5.73 Å². The highest BCUT2D eigenvalue weighted by Crippen LogP contribution is 2.24. The molecule has 0 heterocycles. The first-order valence-electron chi connectivity index (χ1n) is 7.30. The molecule has 3 nitrogen and oxygen atoms in total. The third kappa shape index (κ3) is 3.09. The van der Waals surface area contributed by atoms with Crippen LogP contribution in [0.5, 0.6) is 0 Å². The number of benzene rings is 1. The van der Waals surface area contributed by atoms with Gasteiger partial charge in [-0.25, -0.2) is 0 Å². The van der Waals surface area contributed by atoms with Crippen LogP contribution >= 0.6 is 0 Å². The quantitative estimate of drug-likeness (QED) is 0.847. The largest absolute Gasteiger partial charge is 0.398 e. The van der Waals surface area contributed by atoms with Crippen LogP contribution in [-0.2, 0) is 0 Å². The lowest BCUT2D eigenvalue weighted by Crippen LogP contribution is -2.41. The highest BCUT2D eigenvalue weighted by Gasteiger charge is 2.25. The van der Waals surface area contributed by atoms with Gasteiger partial charge < -0.3 is 10.6 Å². The molecule has 19 heavy (non-hydrogen) atoms. The van der Waals surface area contributed by atoms with Gasteiger partial charge in [0.2, 0.25) is 0 Å². The van der Waals surface area contributed by atoms with Gasteiger partial charge in [-0.05, 0) is 44.4 Å². The standard InChI is InChI=1S/C16H24N2O/c1-3-18(14-7-5-4-6-8-14)16(19)13-10-9-12(2)15(17)11-13/h9-11,14H,3-8,17H2,1-2H3. The van der Waals surface area contributed by atoms with E-state index in [1.165, 1.54) is 19.3 Å². The molecule has 1 fully saturated rings. The minimum Gasteiger partial charge on any atom is -0.398 e. The van der Waals surface area contributed by atoms with E-state index in [4.69, 9.17) is 5.73 Å². The number of amides is 1. The van der Waals surface area contributed by atoms with E-state index in [1.54, 1.807) is 0 Å². The van der Waals surface area contributed by atoms with E-state index in [0.29, 0.717) is 11.7 Å².